The van der Waals surface area contributed by atoms with Crippen LogP contribution in [0.5, 0.6) is 0 Å². The average Bonchev–Trinajstić information content (AvgIpc) is 2.17. The van der Waals surface area contributed by atoms with Crippen molar-refractivity contribution in [3.63, 3.8) is 0 Å². The van der Waals surface area contributed by atoms with E-state index in [0.29, 0.717) is 13.0 Å². The molecule has 1 fully saturated rings. The highest BCUT2D eigenvalue weighted by Gasteiger charge is 2.15. The highest BCUT2D eigenvalue weighted by molar-refractivity contribution is 4.80. The maximum absolute atomic E-state index is 11.9. The van der Waals surface area contributed by atoms with E-state index in [-0.39, 0.29) is 6.67 Å². The zero-order valence-corrected chi connectivity index (χ0v) is 7.88. The molecule has 0 amide bonds. The van der Waals surface area contributed by atoms with Gasteiger partial charge in [-0.3, -0.25) is 9.29 Å². The van der Waals surface area contributed by atoms with Gasteiger partial charge < -0.3 is 4.90 Å². The van der Waals surface area contributed by atoms with Gasteiger partial charge in [0.05, 0.1) is 19.3 Å². The van der Waals surface area contributed by atoms with Crippen molar-refractivity contribution in [1.82, 2.24) is 9.80 Å². The van der Waals surface area contributed by atoms with Crippen LogP contribution in [0.3, 0.4) is 0 Å². The summed E-state index contributed by atoms with van der Waals surface area (Å²) in [6.07, 6.45) is 0.637. The van der Waals surface area contributed by atoms with E-state index in [0.717, 1.165) is 32.7 Å². The maximum Gasteiger partial charge on any atom is 0.0906 e. The minimum Gasteiger partial charge on any atom is -0.301 e. The standard InChI is InChI=1S/C9H16FN3/c10-2-1-4-12-6-8-13(5-3-11)9-7-12/h1-2,4-9H2. The predicted octanol–water partition coefficient (Wildman–Crippen LogP) is 0.487. The molecule has 0 N–H and O–H groups in total. The number of hydrogen-bond donors (Lipinski definition) is 0. The summed E-state index contributed by atoms with van der Waals surface area (Å²) >= 11 is 0. The second-order valence-corrected chi connectivity index (χ2v) is 3.32. The number of alkyl halides is 1. The van der Waals surface area contributed by atoms with Crippen molar-refractivity contribution in [3.8, 4) is 6.07 Å². The lowest BCUT2D eigenvalue weighted by Gasteiger charge is -2.33. The van der Waals surface area contributed by atoms with Crippen molar-refractivity contribution in [3.05, 3.63) is 0 Å². The SMILES string of the molecule is N#CCN1CCN(CCCF)CC1. The van der Waals surface area contributed by atoms with Crippen LogP contribution in [0.4, 0.5) is 4.39 Å². The summed E-state index contributed by atoms with van der Waals surface area (Å²) in [7, 11) is 0. The summed E-state index contributed by atoms with van der Waals surface area (Å²) in [6.45, 7) is 5.00. The first-order valence-electron chi connectivity index (χ1n) is 4.74. The Bertz CT molecular complexity index is 170. The Kier molecular flexibility index (Phi) is 4.73. The fourth-order valence-corrected chi connectivity index (χ4v) is 1.55. The van der Waals surface area contributed by atoms with E-state index in [4.69, 9.17) is 5.26 Å². The summed E-state index contributed by atoms with van der Waals surface area (Å²) in [5.74, 6) is 0. The van der Waals surface area contributed by atoms with E-state index >= 15 is 0 Å². The van der Waals surface area contributed by atoms with Crippen molar-refractivity contribution in [2.45, 2.75) is 6.42 Å². The predicted molar refractivity (Wildman–Crippen MR) is 49.1 cm³/mol. The first-order valence-corrected chi connectivity index (χ1v) is 4.74. The molecule has 0 aliphatic carbocycles. The number of nitriles is 1. The molecule has 0 aromatic heterocycles. The maximum atomic E-state index is 11.9. The second-order valence-electron chi connectivity index (χ2n) is 3.32. The van der Waals surface area contributed by atoms with Gasteiger partial charge in [0.2, 0.25) is 0 Å². The Balaban J connectivity index is 2.12. The molecule has 4 heteroatoms. The number of nitrogens with zero attached hydrogens (tertiary/aromatic N) is 3. The van der Waals surface area contributed by atoms with Crippen molar-refractivity contribution in [2.24, 2.45) is 0 Å². The van der Waals surface area contributed by atoms with Crippen LogP contribution in [0.1, 0.15) is 6.42 Å². The van der Waals surface area contributed by atoms with E-state index in [1.165, 1.54) is 0 Å². The van der Waals surface area contributed by atoms with Crippen molar-refractivity contribution in [2.75, 3.05) is 45.9 Å². The lowest BCUT2D eigenvalue weighted by atomic mass is 10.3. The molecule has 0 aromatic carbocycles. The molecule has 74 valence electrons. The fourth-order valence-electron chi connectivity index (χ4n) is 1.55. The monoisotopic (exact) mass is 185 g/mol. The normalized spacial score (nSPS) is 20.0. The highest BCUT2D eigenvalue weighted by atomic mass is 19.1. The molecule has 1 aliphatic heterocycles. The molecular formula is C9H16FN3. The molecule has 1 rings (SSSR count). The third-order valence-corrected chi connectivity index (χ3v) is 2.37. The summed E-state index contributed by atoms with van der Waals surface area (Å²) < 4.78 is 11.9. The summed E-state index contributed by atoms with van der Waals surface area (Å²) in [4.78, 5) is 4.39. The van der Waals surface area contributed by atoms with Crippen LogP contribution in [0, 0.1) is 11.3 Å². The van der Waals surface area contributed by atoms with Crippen molar-refractivity contribution >= 4 is 0 Å². The van der Waals surface area contributed by atoms with Gasteiger partial charge in [0.25, 0.3) is 0 Å². The molecular weight excluding hydrogens is 169 g/mol. The van der Waals surface area contributed by atoms with Gasteiger partial charge in [-0.1, -0.05) is 0 Å². The molecule has 0 bridgehead atoms. The van der Waals surface area contributed by atoms with Crippen LogP contribution >= 0.6 is 0 Å². The summed E-state index contributed by atoms with van der Waals surface area (Å²) in [5.41, 5.74) is 0. The van der Waals surface area contributed by atoms with Crippen molar-refractivity contribution in [1.29, 1.82) is 5.26 Å². The first-order chi connectivity index (χ1) is 6.36. The number of hydrogen-bond acceptors (Lipinski definition) is 3. The van der Waals surface area contributed by atoms with Crippen LogP contribution < -0.4 is 0 Å². The van der Waals surface area contributed by atoms with Gasteiger partial charge in [0, 0.05) is 32.7 Å². The molecule has 1 saturated heterocycles. The first kappa shape index (κ1) is 10.4. The summed E-state index contributed by atoms with van der Waals surface area (Å²) in [5, 5.41) is 8.47. The van der Waals surface area contributed by atoms with Gasteiger partial charge in [-0.05, 0) is 6.42 Å². The lowest BCUT2D eigenvalue weighted by Crippen LogP contribution is -2.46. The molecule has 1 aliphatic rings. The minimum atomic E-state index is -0.224. The summed E-state index contributed by atoms with van der Waals surface area (Å²) in [6, 6.07) is 2.14. The third-order valence-electron chi connectivity index (χ3n) is 2.37. The largest absolute Gasteiger partial charge is 0.301 e. The lowest BCUT2D eigenvalue weighted by molar-refractivity contribution is 0.140. The second kappa shape index (κ2) is 5.90. The van der Waals surface area contributed by atoms with Gasteiger partial charge in [0.1, 0.15) is 0 Å². The number of piperazine rings is 1. The van der Waals surface area contributed by atoms with Gasteiger partial charge in [-0.25, -0.2) is 0 Å². The quantitative estimate of drug-likeness (QED) is 0.597. The van der Waals surface area contributed by atoms with Crippen LogP contribution in [-0.4, -0.2) is 55.7 Å². The van der Waals surface area contributed by atoms with E-state index in [1.54, 1.807) is 0 Å². The Morgan fingerprint density at radius 1 is 1.15 bits per heavy atom. The smallest absolute Gasteiger partial charge is 0.0906 e. The molecule has 0 radical (unpaired) electrons. The van der Waals surface area contributed by atoms with E-state index in [1.807, 2.05) is 0 Å². The van der Waals surface area contributed by atoms with Gasteiger partial charge in [-0.2, -0.15) is 5.26 Å². The van der Waals surface area contributed by atoms with Gasteiger partial charge in [0.15, 0.2) is 0 Å². The fraction of sp³-hybridized carbons (Fsp3) is 0.889. The van der Waals surface area contributed by atoms with Crippen LogP contribution in [-0.2, 0) is 0 Å². The highest BCUT2D eigenvalue weighted by Crippen LogP contribution is 2.01. The van der Waals surface area contributed by atoms with Crippen LogP contribution in [0.15, 0.2) is 0 Å². The van der Waals surface area contributed by atoms with E-state index < -0.39 is 0 Å². The van der Waals surface area contributed by atoms with E-state index in [9.17, 15) is 4.39 Å². The molecule has 3 nitrogen and oxygen atoms in total. The molecule has 0 spiro atoms. The zero-order chi connectivity index (χ0) is 9.52. The molecule has 1 heterocycles. The Labute approximate surface area is 78.7 Å². The number of rotatable bonds is 4. The number of halogens is 1. The van der Waals surface area contributed by atoms with Crippen LogP contribution in [0.25, 0.3) is 0 Å². The van der Waals surface area contributed by atoms with Gasteiger partial charge in [-0.15, -0.1) is 0 Å². The van der Waals surface area contributed by atoms with Crippen molar-refractivity contribution < 1.29 is 4.39 Å². The zero-order valence-electron chi connectivity index (χ0n) is 7.88. The molecule has 0 saturated carbocycles. The molecule has 0 unspecified atom stereocenters. The van der Waals surface area contributed by atoms with Crippen LogP contribution in [0.2, 0.25) is 0 Å². The molecule has 0 atom stereocenters. The molecule has 0 aromatic rings. The topological polar surface area (TPSA) is 30.3 Å². The average molecular weight is 185 g/mol. The Hall–Kier alpha value is -0.660. The Morgan fingerprint density at radius 2 is 1.77 bits per heavy atom. The third kappa shape index (κ3) is 3.71. The Morgan fingerprint density at radius 3 is 2.31 bits per heavy atom. The molecule has 13 heavy (non-hydrogen) atoms. The minimum absolute atomic E-state index is 0.224. The van der Waals surface area contributed by atoms with E-state index in [2.05, 4.69) is 15.9 Å². The van der Waals surface area contributed by atoms with Gasteiger partial charge >= 0.3 is 0 Å².